The van der Waals surface area contributed by atoms with Crippen molar-refractivity contribution in [3.05, 3.63) is 36.2 Å². The van der Waals surface area contributed by atoms with Gasteiger partial charge in [0.25, 0.3) is 0 Å². The number of carbonyl (C=O) groups excluding carboxylic acids is 1. The molecule has 3 aliphatic heterocycles. The van der Waals surface area contributed by atoms with Gasteiger partial charge in [-0.1, -0.05) is 18.6 Å². The minimum absolute atomic E-state index is 0.246. The van der Waals surface area contributed by atoms with Crippen LogP contribution in [-0.4, -0.2) is 69.7 Å². The highest BCUT2D eigenvalue weighted by molar-refractivity contribution is 6.09. The van der Waals surface area contributed by atoms with Gasteiger partial charge in [0.2, 0.25) is 11.8 Å². The summed E-state index contributed by atoms with van der Waals surface area (Å²) < 4.78 is 8.51. The second-order valence-corrected chi connectivity index (χ2v) is 13.4. The summed E-state index contributed by atoms with van der Waals surface area (Å²) in [7, 11) is 0. The van der Waals surface area contributed by atoms with Crippen molar-refractivity contribution < 1.29 is 9.53 Å². The van der Waals surface area contributed by atoms with E-state index >= 15 is 0 Å². The summed E-state index contributed by atoms with van der Waals surface area (Å²) in [5.41, 5.74) is 5.70. The third-order valence-corrected chi connectivity index (χ3v) is 10.4. The first-order chi connectivity index (χ1) is 20.0. The molecule has 1 spiro atoms. The topological polar surface area (TPSA) is 75.5 Å². The molecule has 2 saturated carbocycles. The fourth-order valence-corrected chi connectivity index (χ4v) is 7.79. The molecular weight excluding hydrogens is 512 g/mol. The molecule has 8 rings (SSSR count). The average Bonchev–Trinajstić information content (AvgIpc) is 3.63. The fourth-order valence-electron chi connectivity index (χ4n) is 7.79. The van der Waals surface area contributed by atoms with E-state index in [0.29, 0.717) is 17.8 Å². The standard InChI is InChI=1S/C33H42N6O2/c1-21(2)38-20-35-28-19-27(36-31(30(28)38)41-25-7-8-25)22-6-9-26-29(16-22)39(32(40)33(26)10-12-34-13-11-33)24-17-23(18-24)37-14-4-3-5-15-37/h6,9,16,19-21,23-25,34H,3-5,7-8,10-15,17-18H2,1-2H3. The Bertz CT molecular complexity index is 1470. The molecular formula is C33H42N6O2. The van der Waals surface area contributed by atoms with Crippen LogP contribution in [0.25, 0.3) is 22.3 Å². The molecule has 216 valence electrons. The van der Waals surface area contributed by atoms with Crippen LogP contribution in [0.4, 0.5) is 5.69 Å². The number of piperidine rings is 2. The molecule has 2 aliphatic carbocycles. The highest BCUT2D eigenvalue weighted by Gasteiger charge is 2.54. The monoisotopic (exact) mass is 554 g/mol. The molecule has 1 aromatic carbocycles. The quantitative estimate of drug-likeness (QED) is 0.451. The van der Waals surface area contributed by atoms with Crippen molar-refractivity contribution in [2.45, 2.75) is 101 Å². The van der Waals surface area contributed by atoms with Crippen LogP contribution >= 0.6 is 0 Å². The molecule has 0 atom stereocenters. The zero-order chi connectivity index (χ0) is 27.7. The number of hydrogen-bond donors (Lipinski definition) is 1. The van der Waals surface area contributed by atoms with E-state index in [1.807, 2.05) is 6.33 Å². The number of likely N-dealkylation sites (tertiary alicyclic amines) is 1. The van der Waals surface area contributed by atoms with Gasteiger partial charge < -0.3 is 24.4 Å². The summed E-state index contributed by atoms with van der Waals surface area (Å²) in [5.74, 6) is 1.00. The maximum atomic E-state index is 14.4. The Morgan fingerprint density at radius 2 is 1.80 bits per heavy atom. The zero-order valence-electron chi connectivity index (χ0n) is 24.4. The number of anilines is 1. The summed E-state index contributed by atoms with van der Waals surface area (Å²) in [4.78, 5) is 29.1. The summed E-state index contributed by atoms with van der Waals surface area (Å²) in [6.07, 6.45) is 12.2. The van der Waals surface area contributed by atoms with Crippen LogP contribution in [0, 0.1) is 0 Å². The van der Waals surface area contributed by atoms with E-state index in [2.05, 4.69) is 57.8 Å². The minimum atomic E-state index is -0.400. The van der Waals surface area contributed by atoms with Crippen molar-refractivity contribution >= 4 is 22.6 Å². The molecule has 0 unspecified atom stereocenters. The number of aromatic nitrogens is 3. The largest absolute Gasteiger partial charge is 0.473 e. The Kier molecular flexibility index (Phi) is 6.15. The number of amides is 1. The van der Waals surface area contributed by atoms with Crippen molar-refractivity contribution in [3.8, 4) is 17.1 Å². The molecule has 1 amide bonds. The van der Waals surface area contributed by atoms with E-state index in [9.17, 15) is 4.79 Å². The van der Waals surface area contributed by atoms with Gasteiger partial charge >= 0.3 is 0 Å². The van der Waals surface area contributed by atoms with Gasteiger partial charge in [0, 0.05) is 29.4 Å². The number of ether oxygens (including phenoxy) is 1. The van der Waals surface area contributed by atoms with Crippen molar-refractivity contribution in [1.29, 1.82) is 0 Å². The predicted octanol–water partition coefficient (Wildman–Crippen LogP) is 5.21. The number of carbonyl (C=O) groups is 1. The Labute approximate surface area is 242 Å². The molecule has 1 N–H and O–H groups in total. The Balaban J connectivity index is 1.18. The average molecular weight is 555 g/mol. The van der Waals surface area contributed by atoms with Crippen LogP contribution in [0.15, 0.2) is 30.6 Å². The Morgan fingerprint density at radius 3 is 2.54 bits per heavy atom. The van der Waals surface area contributed by atoms with Crippen molar-refractivity contribution in [2.75, 3.05) is 31.1 Å². The van der Waals surface area contributed by atoms with Gasteiger partial charge in [-0.05, 0) is 109 Å². The SMILES string of the molecule is CC(C)n1cnc2cc(-c3ccc4c(c3)N(C3CC(N5CCCCC5)C3)C(=O)C43CCNCC3)nc(OC3CC3)c21. The van der Waals surface area contributed by atoms with Crippen molar-refractivity contribution in [3.63, 3.8) is 0 Å². The van der Waals surface area contributed by atoms with E-state index < -0.39 is 5.41 Å². The zero-order valence-corrected chi connectivity index (χ0v) is 24.4. The molecule has 8 nitrogen and oxygen atoms in total. The lowest BCUT2D eigenvalue weighted by Gasteiger charge is -2.48. The molecule has 0 bridgehead atoms. The van der Waals surface area contributed by atoms with Gasteiger partial charge in [-0.2, -0.15) is 0 Å². The van der Waals surface area contributed by atoms with E-state index in [0.717, 1.165) is 79.6 Å². The molecule has 41 heavy (non-hydrogen) atoms. The number of nitrogens with one attached hydrogen (secondary N) is 1. The van der Waals surface area contributed by atoms with Crippen LogP contribution in [0.2, 0.25) is 0 Å². The summed E-state index contributed by atoms with van der Waals surface area (Å²) >= 11 is 0. The van der Waals surface area contributed by atoms with Crippen molar-refractivity contribution in [1.82, 2.24) is 24.8 Å². The van der Waals surface area contributed by atoms with Crippen LogP contribution in [0.3, 0.4) is 0 Å². The molecule has 0 radical (unpaired) electrons. The van der Waals surface area contributed by atoms with E-state index in [1.165, 1.54) is 37.9 Å². The number of fused-ring (bicyclic) bond motifs is 3. The fraction of sp³-hybridized carbons (Fsp3) is 0.606. The molecule has 2 saturated heterocycles. The smallest absolute Gasteiger partial charge is 0.241 e. The van der Waals surface area contributed by atoms with Gasteiger partial charge in [-0.25, -0.2) is 9.97 Å². The second kappa shape index (κ2) is 9.80. The third kappa shape index (κ3) is 4.20. The first kappa shape index (κ1) is 25.7. The predicted molar refractivity (Wildman–Crippen MR) is 161 cm³/mol. The number of rotatable bonds is 6. The van der Waals surface area contributed by atoms with Crippen LogP contribution in [-0.2, 0) is 10.2 Å². The van der Waals surface area contributed by atoms with Crippen LogP contribution in [0.5, 0.6) is 5.88 Å². The first-order valence-corrected chi connectivity index (χ1v) is 16.0. The number of pyridine rings is 1. The number of nitrogens with zero attached hydrogens (tertiary/aromatic N) is 5. The van der Waals surface area contributed by atoms with E-state index in [1.54, 1.807) is 0 Å². The third-order valence-electron chi connectivity index (χ3n) is 10.4. The molecule has 5 aliphatic rings. The summed E-state index contributed by atoms with van der Waals surface area (Å²) in [5, 5.41) is 3.49. The van der Waals surface area contributed by atoms with Gasteiger partial charge in [0.05, 0.1) is 23.0 Å². The lowest BCUT2D eigenvalue weighted by Crippen LogP contribution is -2.58. The lowest BCUT2D eigenvalue weighted by molar-refractivity contribution is -0.125. The Morgan fingerprint density at radius 1 is 1.02 bits per heavy atom. The van der Waals surface area contributed by atoms with Gasteiger partial charge in [-0.15, -0.1) is 0 Å². The molecule has 5 heterocycles. The molecule has 4 fully saturated rings. The Hall–Kier alpha value is -2.97. The normalized spacial score (nSPS) is 26.1. The molecule has 3 aromatic rings. The van der Waals surface area contributed by atoms with Crippen molar-refractivity contribution in [2.24, 2.45) is 0 Å². The van der Waals surface area contributed by atoms with Gasteiger partial charge in [-0.3, -0.25) is 4.79 Å². The van der Waals surface area contributed by atoms with E-state index in [-0.39, 0.29) is 18.2 Å². The highest BCUT2D eigenvalue weighted by atomic mass is 16.5. The summed E-state index contributed by atoms with van der Waals surface area (Å²) in [6, 6.07) is 9.90. The summed E-state index contributed by atoms with van der Waals surface area (Å²) in [6.45, 7) is 8.53. The van der Waals surface area contributed by atoms with E-state index in [4.69, 9.17) is 14.7 Å². The lowest BCUT2D eigenvalue weighted by atomic mass is 9.74. The minimum Gasteiger partial charge on any atom is -0.473 e. The van der Waals surface area contributed by atoms with Crippen LogP contribution in [0.1, 0.15) is 83.2 Å². The highest BCUT2D eigenvalue weighted by Crippen LogP contribution is 2.51. The second-order valence-electron chi connectivity index (χ2n) is 13.4. The first-order valence-electron chi connectivity index (χ1n) is 16.0. The van der Waals surface area contributed by atoms with Gasteiger partial charge in [0.15, 0.2) is 0 Å². The number of imidazole rings is 1. The number of hydrogen-bond acceptors (Lipinski definition) is 6. The van der Waals surface area contributed by atoms with Gasteiger partial charge in [0.1, 0.15) is 11.6 Å². The molecule has 2 aromatic heterocycles. The van der Waals surface area contributed by atoms with Crippen LogP contribution < -0.4 is 15.0 Å². The molecule has 8 heteroatoms. The number of benzene rings is 1. The maximum Gasteiger partial charge on any atom is 0.241 e. The maximum absolute atomic E-state index is 14.4.